The van der Waals surface area contributed by atoms with Crippen LogP contribution >= 0.6 is 0 Å². The van der Waals surface area contributed by atoms with Crippen molar-refractivity contribution in [3.8, 4) is 11.3 Å². The highest BCUT2D eigenvalue weighted by Gasteiger charge is 2.02. The van der Waals surface area contributed by atoms with Gasteiger partial charge in [0.15, 0.2) is 0 Å². The molecule has 0 aliphatic carbocycles. The minimum Gasteiger partial charge on any atom is -0.368 e. The molecule has 0 amide bonds. The Morgan fingerprint density at radius 3 is 2.64 bits per heavy atom. The smallest absolute Gasteiger partial charge is 0.220 e. The fraction of sp³-hybridized carbons (Fsp3) is 0.0909. The van der Waals surface area contributed by atoms with Crippen LogP contribution in [0.15, 0.2) is 36.5 Å². The zero-order chi connectivity index (χ0) is 9.97. The minimum atomic E-state index is 0.311. The van der Waals surface area contributed by atoms with E-state index in [1.54, 1.807) is 6.20 Å². The first kappa shape index (κ1) is 8.69. The van der Waals surface area contributed by atoms with Crippen molar-refractivity contribution >= 4 is 5.95 Å². The molecule has 2 rings (SSSR count). The van der Waals surface area contributed by atoms with Crippen molar-refractivity contribution in [2.75, 3.05) is 5.73 Å². The molecular formula is C11H11N3. The van der Waals surface area contributed by atoms with Crippen LogP contribution in [0.3, 0.4) is 0 Å². The monoisotopic (exact) mass is 185 g/mol. The summed E-state index contributed by atoms with van der Waals surface area (Å²) in [6.07, 6.45) is 1.67. The predicted molar refractivity (Wildman–Crippen MR) is 56.6 cm³/mol. The van der Waals surface area contributed by atoms with Crippen LogP contribution in [-0.2, 0) is 0 Å². The molecular weight excluding hydrogens is 174 g/mol. The van der Waals surface area contributed by atoms with E-state index in [0.717, 1.165) is 11.3 Å². The molecule has 0 aliphatic heterocycles. The number of aromatic nitrogens is 2. The normalized spacial score (nSPS) is 10.1. The van der Waals surface area contributed by atoms with Crippen molar-refractivity contribution in [3.05, 3.63) is 42.1 Å². The lowest BCUT2D eigenvalue weighted by Gasteiger charge is -2.04. The molecule has 0 spiro atoms. The average molecular weight is 185 g/mol. The van der Waals surface area contributed by atoms with E-state index in [0.29, 0.717) is 5.95 Å². The largest absolute Gasteiger partial charge is 0.368 e. The van der Waals surface area contributed by atoms with E-state index in [1.807, 2.05) is 37.3 Å². The van der Waals surface area contributed by atoms with Crippen molar-refractivity contribution in [1.82, 2.24) is 9.97 Å². The van der Waals surface area contributed by atoms with Gasteiger partial charge in [-0.05, 0) is 18.6 Å². The van der Waals surface area contributed by atoms with Gasteiger partial charge in [0.1, 0.15) is 0 Å². The standard InChI is InChI=1S/C11H11N3/c1-8-4-2-3-5-9(8)10-6-7-13-11(12)14-10/h2-7H,1H3,(H2,12,13,14). The van der Waals surface area contributed by atoms with Crippen LogP contribution in [0.25, 0.3) is 11.3 Å². The Bertz CT molecular complexity index is 452. The van der Waals surface area contributed by atoms with Gasteiger partial charge in [-0.3, -0.25) is 0 Å². The molecule has 0 fully saturated rings. The summed E-state index contributed by atoms with van der Waals surface area (Å²) >= 11 is 0. The van der Waals surface area contributed by atoms with Crippen molar-refractivity contribution in [2.24, 2.45) is 0 Å². The summed E-state index contributed by atoms with van der Waals surface area (Å²) < 4.78 is 0. The molecule has 1 aromatic carbocycles. The highest BCUT2D eigenvalue weighted by atomic mass is 15.0. The number of nitrogens with zero attached hydrogens (tertiary/aromatic N) is 2. The third-order valence-electron chi connectivity index (χ3n) is 2.10. The molecule has 2 aromatic rings. The zero-order valence-corrected chi connectivity index (χ0v) is 7.94. The number of benzene rings is 1. The highest BCUT2D eigenvalue weighted by molar-refractivity contribution is 5.63. The molecule has 70 valence electrons. The maximum Gasteiger partial charge on any atom is 0.220 e. The highest BCUT2D eigenvalue weighted by Crippen LogP contribution is 2.20. The van der Waals surface area contributed by atoms with Crippen LogP contribution in [0, 0.1) is 6.92 Å². The van der Waals surface area contributed by atoms with Crippen molar-refractivity contribution < 1.29 is 0 Å². The second-order valence-electron chi connectivity index (χ2n) is 3.12. The molecule has 0 saturated carbocycles. The fourth-order valence-corrected chi connectivity index (χ4v) is 1.38. The average Bonchev–Trinajstić information content (AvgIpc) is 2.18. The second kappa shape index (κ2) is 3.46. The number of hydrogen-bond acceptors (Lipinski definition) is 3. The summed E-state index contributed by atoms with van der Waals surface area (Å²) in [5.74, 6) is 0.311. The van der Waals surface area contributed by atoms with E-state index < -0.39 is 0 Å². The Morgan fingerprint density at radius 1 is 1.14 bits per heavy atom. The lowest BCUT2D eigenvalue weighted by Crippen LogP contribution is -1.95. The van der Waals surface area contributed by atoms with Gasteiger partial charge in [0, 0.05) is 11.8 Å². The number of hydrogen-bond donors (Lipinski definition) is 1. The van der Waals surface area contributed by atoms with Crippen molar-refractivity contribution in [3.63, 3.8) is 0 Å². The van der Waals surface area contributed by atoms with Crippen molar-refractivity contribution in [2.45, 2.75) is 6.92 Å². The van der Waals surface area contributed by atoms with E-state index in [9.17, 15) is 0 Å². The SMILES string of the molecule is Cc1ccccc1-c1ccnc(N)n1. The van der Waals surface area contributed by atoms with E-state index in [1.165, 1.54) is 5.56 Å². The molecule has 1 heterocycles. The number of nitrogen functional groups attached to an aromatic ring is 1. The van der Waals surface area contributed by atoms with E-state index in [4.69, 9.17) is 5.73 Å². The lowest BCUT2D eigenvalue weighted by molar-refractivity contribution is 1.18. The van der Waals surface area contributed by atoms with Crippen LogP contribution in [-0.4, -0.2) is 9.97 Å². The number of nitrogens with two attached hydrogens (primary N) is 1. The molecule has 3 nitrogen and oxygen atoms in total. The van der Waals surface area contributed by atoms with Crippen LogP contribution in [0.2, 0.25) is 0 Å². The summed E-state index contributed by atoms with van der Waals surface area (Å²) in [6.45, 7) is 2.05. The van der Waals surface area contributed by atoms with E-state index in [2.05, 4.69) is 9.97 Å². The third-order valence-corrected chi connectivity index (χ3v) is 2.10. The summed E-state index contributed by atoms with van der Waals surface area (Å²) in [5.41, 5.74) is 8.68. The molecule has 0 radical (unpaired) electrons. The molecule has 0 saturated heterocycles. The predicted octanol–water partition coefficient (Wildman–Crippen LogP) is 2.03. The van der Waals surface area contributed by atoms with Crippen molar-refractivity contribution in [1.29, 1.82) is 0 Å². The van der Waals surface area contributed by atoms with Crippen LogP contribution in [0.5, 0.6) is 0 Å². The minimum absolute atomic E-state index is 0.311. The van der Waals surface area contributed by atoms with Crippen LogP contribution in [0.1, 0.15) is 5.56 Å². The Kier molecular flexibility index (Phi) is 2.14. The Hall–Kier alpha value is -1.90. The first-order valence-electron chi connectivity index (χ1n) is 4.42. The summed E-state index contributed by atoms with van der Waals surface area (Å²) in [6, 6.07) is 9.92. The summed E-state index contributed by atoms with van der Waals surface area (Å²) in [7, 11) is 0. The van der Waals surface area contributed by atoms with Gasteiger partial charge >= 0.3 is 0 Å². The van der Waals surface area contributed by atoms with Gasteiger partial charge in [-0.1, -0.05) is 24.3 Å². The van der Waals surface area contributed by atoms with Gasteiger partial charge in [-0.25, -0.2) is 9.97 Å². The number of rotatable bonds is 1. The lowest BCUT2D eigenvalue weighted by atomic mass is 10.1. The van der Waals surface area contributed by atoms with Gasteiger partial charge in [0.05, 0.1) is 5.69 Å². The zero-order valence-electron chi connectivity index (χ0n) is 7.94. The Morgan fingerprint density at radius 2 is 1.93 bits per heavy atom. The van der Waals surface area contributed by atoms with Gasteiger partial charge in [0.2, 0.25) is 5.95 Å². The number of anilines is 1. The maximum atomic E-state index is 5.52. The first-order valence-corrected chi connectivity index (χ1v) is 4.42. The summed E-state index contributed by atoms with van der Waals surface area (Å²) in [4.78, 5) is 8.03. The first-order chi connectivity index (χ1) is 6.77. The molecule has 1 aromatic heterocycles. The quantitative estimate of drug-likeness (QED) is 0.739. The topological polar surface area (TPSA) is 51.8 Å². The van der Waals surface area contributed by atoms with E-state index >= 15 is 0 Å². The molecule has 2 N–H and O–H groups in total. The maximum absolute atomic E-state index is 5.52. The van der Waals surface area contributed by atoms with Gasteiger partial charge in [0.25, 0.3) is 0 Å². The van der Waals surface area contributed by atoms with Crippen LogP contribution < -0.4 is 5.73 Å². The molecule has 0 aliphatic rings. The van der Waals surface area contributed by atoms with Gasteiger partial charge < -0.3 is 5.73 Å². The Labute approximate surface area is 82.6 Å². The second-order valence-corrected chi connectivity index (χ2v) is 3.12. The Balaban J connectivity index is 2.55. The van der Waals surface area contributed by atoms with Gasteiger partial charge in [-0.2, -0.15) is 0 Å². The summed E-state index contributed by atoms with van der Waals surface area (Å²) in [5, 5.41) is 0. The van der Waals surface area contributed by atoms with Gasteiger partial charge in [-0.15, -0.1) is 0 Å². The number of aryl methyl sites for hydroxylation is 1. The third kappa shape index (κ3) is 1.57. The molecule has 0 atom stereocenters. The molecule has 14 heavy (non-hydrogen) atoms. The molecule has 0 unspecified atom stereocenters. The molecule has 3 heteroatoms. The van der Waals surface area contributed by atoms with Crippen LogP contribution in [0.4, 0.5) is 5.95 Å². The van der Waals surface area contributed by atoms with E-state index in [-0.39, 0.29) is 0 Å². The molecule has 0 bridgehead atoms. The fourth-order valence-electron chi connectivity index (χ4n) is 1.38.